The highest BCUT2D eigenvalue weighted by atomic mass is 16.6. The van der Waals surface area contributed by atoms with Crippen LogP contribution in [0.3, 0.4) is 0 Å². The Kier molecular flexibility index (Phi) is 4.98. The fourth-order valence-electron chi connectivity index (χ4n) is 2.19. The van der Waals surface area contributed by atoms with Crippen molar-refractivity contribution in [2.45, 2.75) is 26.4 Å². The first kappa shape index (κ1) is 16.9. The minimum atomic E-state index is -0.531. The number of para-hydroxylation sites is 2. The van der Waals surface area contributed by atoms with Crippen LogP contribution >= 0.6 is 0 Å². The number of aromatic hydroxyl groups is 1. The molecule has 2 rings (SSSR count). The number of phenolic OH excluding ortho intramolecular Hbond substituents is 1. The number of carbonyl (C=O) groups is 2. The van der Waals surface area contributed by atoms with Crippen molar-refractivity contribution in [3.05, 3.63) is 24.3 Å². The maximum Gasteiger partial charge on any atom is 0.410 e. The number of hydrogen-bond donors (Lipinski definition) is 2. The summed E-state index contributed by atoms with van der Waals surface area (Å²) < 4.78 is 5.32. The summed E-state index contributed by atoms with van der Waals surface area (Å²) in [6.07, 6.45) is -0.363. The number of benzene rings is 1. The van der Waals surface area contributed by atoms with Gasteiger partial charge >= 0.3 is 12.1 Å². The molecule has 0 spiro atoms. The summed E-state index contributed by atoms with van der Waals surface area (Å²) >= 11 is 0. The molecular weight excluding hydrogens is 298 g/mol. The van der Waals surface area contributed by atoms with Crippen molar-refractivity contribution in [3.63, 3.8) is 0 Å². The van der Waals surface area contributed by atoms with Crippen LogP contribution in [0.1, 0.15) is 20.8 Å². The Hall–Kier alpha value is -2.44. The van der Waals surface area contributed by atoms with Crippen LogP contribution in [-0.4, -0.2) is 58.8 Å². The molecule has 0 aliphatic carbocycles. The van der Waals surface area contributed by atoms with E-state index in [0.717, 1.165) is 0 Å². The van der Waals surface area contributed by atoms with Crippen molar-refractivity contribution in [2.75, 3.05) is 31.5 Å². The van der Waals surface area contributed by atoms with Gasteiger partial charge in [0, 0.05) is 26.2 Å². The number of piperazine rings is 1. The second-order valence-electron chi connectivity index (χ2n) is 6.40. The SMILES string of the molecule is CC(C)(C)OC(=O)N1CCN(C(=O)Nc2ccccc2O)CC1. The quantitative estimate of drug-likeness (QED) is 0.779. The smallest absolute Gasteiger partial charge is 0.410 e. The van der Waals surface area contributed by atoms with Crippen LogP contribution < -0.4 is 5.32 Å². The van der Waals surface area contributed by atoms with E-state index < -0.39 is 5.60 Å². The molecule has 0 radical (unpaired) electrons. The Morgan fingerprint density at radius 1 is 1.09 bits per heavy atom. The van der Waals surface area contributed by atoms with Crippen LogP contribution in [0.4, 0.5) is 15.3 Å². The fraction of sp³-hybridized carbons (Fsp3) is 0.500. The summed E-state index contributed by atoms with van der Waals surface area (Å²) in [5, 5.41) is 12.3. The summed E-state index contributed by atoms with van der Waals surface area (Å²) in [5.41, 5.74) is -0.164. The second-order valence-corrected chi connectivity index (χ2v) is 6.40. The van der Waals surface area contributed by atoms with E-state index in [-0.39, 0.29) is 17.9 Å². The number of urea groups is 1. The molecule has 0 aromatic heterocycles. The molecule has 1 aromatic rings. The van der Waals surface area contributed by atoms with Crippen molar-refractivity contribution in [1.29, 1.82) is 0 Å². The van der Waals surface area contributed by atoms with Gasteiger partial charge in [0.2, 0.25) is 0 Å². The number of anilines is 1. The molecule has 0 unspecified atom stereocenters. The Bertz CT molecular complexity index is 575. The van der Waals surface area contributed by atoms with E-state index in [9.17, 15) is 14.7 Å². The molecule has 0 bridgehead atoms. The molecule has 1 aliphatic heterocycles. The standard InChI is InChI=1S/C16H23N3O4/c1-16(2,3)23-15(22)19-10-8-18(9-11-19)14(21)17-12-6-4-5-7-13(12)20/h4-7,20H,8-11H2,1-3H3,(H,17,21). The molecule has 23 heavy (non-hydrogen) atoms. The molecule has 7 nitrogen and oxygen atoms in total. The minimum absolute atomic E-state index is 0.0215. The number of phenols is 1. The summed E-state index contributed by atoms with van der Waals surface area (Å²) in [6.45, 7) is 7.13. The third kappa shape index (κ3) is 4.77. The van der Waals surface area contributed by atoms with Gasteiger partial charge in [0.1, 0.15) is 11.4 Å². The lowest BCUT2D eigenvalue weighted by atomic mass is 10.2. The van der Waals surface area contributed by atoms with Crippen LogP contribution in [0.5, 0.6) is 5.75 Å². The van der Waals surface area contributed by atoms with Gasteiger partial charge < -0.3 is 25.0 Å². The van der Waals surface area contributed by atoms with Crippen molar-refractivity contribution >= 4 is 17.8 Å². The molecule has 0 atom stereocenters. The predicted octanol–water partition coefficient (Wildman–Crippen LogP) is 2.48. The largest absolute Gasteiger partial charge is 0.506 e. The Morgan fingerprint density at radius 3 is 2.22 bits per heavy atom. The van der Waals surface area contributed by atoms with Gasteiger partial charge in [0.25, 0.3) is 0 Å². The van der Waals surface area contributed by atoms with Crippen molar-refractivity contribution in [2.24, 2.45) is 0 Å². The summed E-state index contributed by atoms with van der Waals surface area (Å²) in [7, 11) is 0. The topological polar surface area (TPSA) is 82.1 Å². The van der Waals surface area contributed by atoms with Crippen molar-refractivity contribution < 1.29 is 19.4 Å². The third-order valence-electron chi connectivity index (χ3n) is 3.36. The number of nitrogens with one attached hydrogen (secondary N) is 1. The number of amides is 3. The number of hydrogen-bond acceptors (Lipinski definition) is 4. The van der Waals surface area contributed by atoms with Crippen LogP contribution in [0, 0.1) is 0 Å². The van der Waals surface area contributed by atoms with Crippen LogP contribution in [-0.2, 0) is 4.74 Å². The zero-order valence-electron chi connectivity index (χ0n) is 13.7. The van der Waals surface area contributed by atoms with E-state index >= 15 is 0 Å². The van der Waals surface area contributed by atoms with E-state index in [1.54, 1.807) is 28.0 Å². The lowest BCUT2D eigenvalue weighted by molar-refractivity contribution is 0.0174. The summed E-state index contributed by atoms with van der Waals surface area (Å²) in [5.74, 6) is 0.0215. The van der Waals surface area contributed by atoms with Crippen molar-refractivity contribution in [1.82, 2.24) is 9.80 Å². The first-order valence-electron chi connectivity index (χ1n) is 7.58. The molecule has 1 fully saturated rings. The average Bonchev–Trinajstić information content (AvgIpc) is 2.48. The Morgan fingerprint density at radius 2 is 1.65 bits per heavy atom. The van der Waals surface area contributed by atoms with Gasteiger partial charge in [-0.25, -0.2) is 9.59 Å². The van der Waals surface area contributed by atoms with Gasteiger partial charge in [-0.3, -0.25) is 0 Å². The maximum absolute atomic E-state index is 12.2. The van der Waals surface area contributed by atoms with Gasteiger partial charge in [-0.15, -0.1) is 0 Å². The fourth-order valence-corrected chi connectivity index (χ4v) is 2.19. The van der Waals surface area contributed by atoms with E-state index in [2.05, 4.69) is 5.32 Å². The van der Waals surface area contributed by atoms with Gasteiger partial charge in [0.15, 0.2) is 0 Å². The number of nitrogens with zero attached hydrogens (tertiary/aromatic N) is 2. The molecule has 7 heteroatoms. The average molecular weight is 321 g/mol. The summed E-state index contributed by atoms with van der Waals surface area (Å²) in [6, 6.07) is 6.26. The van der Waals surface area contributed by atoms with Gasteiger partial charge in [-0.05, 0) is 32.9 Å². The highest BCUT2D eigenvalue weighted by Gasteiger charge is 2.27. The molecule has 1 aromatic carbocycles. The highest BCUT2D eigenvalue weighted by Crippen LogP contribution is 2.22. The van der Waals surface area contributed by atoms with E-state index in [0.29, 0.717) is 31.9 Å². The van der Waals surface area contributed by atoms with Crippen LogP contribution in [0.25, 0.3) is 0 Å². The monoisotopic (exact) mass is 321 g/mol. The van der Waals surface area contributed by atoms with Crippen LogP contribution in [0.2, 0.25) is 0 Å². The van der Waals surface area contributed by atoms with Crippen molar-refractivity contribution in [3.8, 4) is 5.75 Å². The van der Waals surface area contributed by atoms with E-state index in [1.807, 2.05) is 20.8 Å². The first-order chi connectivity index (χ1) is 10.8. The van der Waals surface area contributed by atoms with E-state index in [1.165, 1.54) is 6.07 Å². The Balaban J connectivity index is 1.85. The predicted molar refractivity (Wildman–Crippen MR) is 86.5 cm³/mol. The number of rotatable bonds is 1. The molecule has 126 valence electrons. The lowest BCUT2D eigenvalue weighted by Crippen LogP contribution is -2.52. The number of carbonyl (C=O) groups excluding carboxylic acids is 2. The van der Waals surface area contributed by atoms with Gasteiger partial charge in [0.05, 0.1) is 5.69 Å². The third-order valence-corrected chi connectivity index (χ3v) is 3.36. The normalized spacial score (nSPS) is 15.3. The van der Waals surface area contributed by atoms with E-state index in [4.69, 9.17) is 4.74 Å². The minimum Gasteiger partial charge on any atom is -0.506 e. The number of ether oxygens (including phenoxy) is 1. The summed E-state index contributed by atoms with van der Waals surface area (Å²) in [4.78, 5) is 27.4. The van der Waals surface area contributed by atoms with Crippen LogP contribution in [0.15, 0.2) is 24.3 Å². The molecule has 1 aliphatic rings. The lowest BCUT2D eigenvalue weighted by Gasteiger charge is -2.35. The molecule has 1 heterocycles. The first-order valence-corrected chi connectivity index (χ1v) is 7.58. The molecule has 1 saturated heterocycles. The Labute approximate surface area is 135 Å². The zero-order chi connectivity index (χ0) is 17.0. The molecule has 3 amide bonds. The maximum atomic E-state index is 12.2. The highest BCUT2D eigenvalue weighted by molar-refractivity contribution is 5.91. The second kappa shape index (κ2) is 6.76. The van der Waals surface area contributed by atoms with Gasteiger partial charge in [-0.1, -0.05) is 12.1 Å². The zero-order valence-corrected chi connectivity index (χ0v) is 13.7. The molecule has 0 saturated carbocycles. The molecular formula is C16H23N3O4. The van der Waals surface area contributed by atoms with Gasteiger partial charge in [-0.2, -0.15) is 0 Å². The molecule has 2 N–H and O–H groups in total.